The number of carbonyl (C=O) groups is 1. The number of amides is 1. The summed E-state index contributed by atoms with van der Waals surface area (Å²) >= 11 is 0. The molecular weight excluding hydrogens is 360 g/mol. The molecule has 1 aliphatic rings. The van der Waals surface area contributed by atoms with Gasteiger partial charge in [0.25, 0.3) is 0 Å². The third-order valence-corrected chi connectivity index (χ3v) is 4.71. The van der Waals surface area contributed by atoms with E-state index in [1.54, 1.807) is 34.5 Å². The van der Waals surface area contributed by atoms with Gasteiger partial charge in [-0.15, -0.1) is 0 Å². The standard InChI is InChI=1S/C21H24N2O5/c1-13(24)23-20(18-11-15(25-2)6-7-21(18)28-5)12-19(22-23)14-8-16(26-3)10-17(9-14)27-4/h6-11,20H,12H2,1-5H3. The summed E-state index contributed by atoms with van der Waals surface area (Å²) in [5.74, 6) is 2.54. The molecule has 0 aliphatic carbocycles. The predicted octanol–water partition coefficient (Wildman–Crippen LogP) is 3.42. The summed E-state index contributed by atoms with van der Waals surface area (Å²) in [4.78, 5) is 12.3. The van der Waals surface area contributed by atoms with Crippen molar-refractivity contribution in [2.75, 3.05) is 28.4 Å². The molecule has 2 aromatic carbocycles. The fraction of sp³-hybridized carbons (Fsp3) is 0.333. The number of hydrogen-bond acceptors (Lipinski definition) is 6. The minimum Gasteiger partial charge on any atom is -0.497 e. The van der Waals surface area contributed by atoms with Crippen molar-refractivity contribution in [2.24, 2.45) is 5.10 Å². The average Bonchev–Trinajstić information content (AvgIpc) is 3.18. The van der Waals surface area contributed by atoms with Gasteiger partial charge in [-0.3, -0.25) is 4.79 Å². The Labute approximate surface area is 164 Å². The molecule has 1 atom stereocenters. The molecule has 0 saturated carbocycles. The molecule has 1 heterocycles. The monoisotopic (exact) mass is 384 g/mol. The molecule has 0 saturated heterocycles. The van der Waals surface area contributed by atoms with Crippen LogP contribution in [0.5, 0.6) is 23.0 Å². The quantitative estimate of drug-likeness (QED) is 0.763. The second kappa shape index (κ2) is 8.21. The highest BCUT2D eigenvalue weighted by molar-refractivity contribution is 6.03. The number of ether oxygens (including phenoxy) is 4. The Kier molecular flexibility index (Phi) is 5.73. The molecule has 1 unspecified atom stereocenters. The van der Waals surface area contributed by atoms with Crippen LogP contribution in [0.15, 0.2) is 41.5 Å². The number of nitrogens with zero attached hydrogens (tertiary/aromatic N) is 2. The van der Waals surface area contributed by atoms with Gasteiger partial charge in [-0.25, -0.2) is 5.01 Å². The number of hydrogen-bond donors (Lipinski definition) is 0. The zero-order chi connectivity index (χ0) is 20.3. The van der Waals surface area contributed by atoms with Gasteiger partial charge < -0.3 is 18.9 Å². The third-order valence-electron chi connectivity index (χ3n) is 4.71. The second-order valence-electron chi connectivity index (χ2n) is 6.34. The average molecular weight is 384 g/mol. The Morgan fingerprint density at radius 2 is 1.57 bits per heavy atom. The van der Waals surface area contributed by atoms with E-state index in [0.29, 0.717) is 29.4 Å². The molecule has 7 heteroatoms. The van der Waals surface area contributed by atoms with Crippen LogP contribution >= 0.6 is 0 Å². The molecule has 0 spiro atoms. The maximum absolute atomic E-state index is 12.3. The first-order chi connectivity index (χ1) is 13.5. The summed E-state index contributed by atoms with van der Waals surface area (Å²) < 4.78 is 21.6. The van der Waals surface area contributed by atoms with Crippen LogP contribution in [0.25, 0.3) is 0 Å². The Morgan fingerprint density at radius 1 is 0.929 bits per heavy atom. The molecule has 2 aromatic rings. The van der Waals surface area contributed by atoms with E-state index < -0.39 is 0 Å². The van der Waals surface area contributed by atoms with Gasteiger partial charge in [0, 0.05) is 30.5 Å². The molecule has 3 rings (SSSR count). The minimum absolute atomic E-state index is 0.153. The maximum atomic E-state index is 12.3. The molecule has 0 aromatic heterocycles. The van der Waals surface area contributed by atoms with E-state index in [0.717, 1.165) is 16.8 Å². The summed E-state index contributed by atoms with van der Waals surface area (Å²) in [5, 5.41) is 6.07. The van der Waals surface area contributed by atoms with Gasteiger partial charge in [0.2, 0.25) is 5.91 Å². The van der Waals surface area contributed by atoms with Gasteiger partial charge >= 0.3 is 0 Å². The summed E-state index contributed by atoms with van der Waals surface area (Å²) in [6.07, 6.45) is 0.527. The number of carbonyl (C=O) groups excluding carboxylic acids is 1. The van der Waals surface area contributed by atoms with E-state index >= 15 is 0 Å². The fourth-order valence-electron chi connectivity index (χ4n) is 3.29. The predicted molar refractivity (Wildman–Crippen MR) is 106 cm³/mol. The van der Waals surface area contributed by atoms with Gasteiger partial charge in [-0.2, -0.15) is 5.10 Å². The van der Waals surface area contributed by atoms with Gasteiger partial charge in [-0.05, 0) is 30.3 Å². The Hall–Kier alpha value is -3.22. The summed E-state index contributed by atoms with van der Waals surface area (Å²) in [6.45, 7) is 1.50. The Balaban J connectivity index is 2.03. The van der Waals surface area contributed by atoms with Crippen molar-refractivity contribution in [1.29, 1.82) is 0 Å². The Morgan fingerprint density at radius 3 is 2.11 bits per heavy atom. The van der Waals surface area contributed by atoms with Gasteiger partial charge in [-0.1, -0.05) is 0 Å². The van der Waals surface area contributed by atoms with Crippen LogP contribution in [-0.2, 0) is 4.79 Å². The topological polar surface area (TPSA) is 69.6 Å². The first-order valence-electron chi connectivity index (χ1n) is 8.83. The zero-order valence-electron chi connectivity index (χ0n) is 16.7. The largest absolute Gasteiger partial charge is 0.497 e. The second-order valence-corrected chi connectivity index (χ2v) is 6.34. The molecule has 0 radical (unpaired) electrons. The fourth-order valence-corrected chi connectivity index (χ4v) is 3.29. The highest BCUT2D eigenvalue weighted by Gasteiger charge is 2.34. The SMILES string of the molecule is COc1cc(OC)cc(C2=NN(C(C)=O)C(c3cc(OC)ccc3OC)C2)c1. The van der Waals surface area contributed by atoms with Crippen LogP contribution < -0.4 is 18.9 Å². The molecule has 148 valence electrons. The normalized spacial score (nSPS) is 15.8. The molecule has 0 N–H and O–H groups in total. The van der Waals surface area contributed by atoms with Crippen LogP contribution in [0, 0.1) is 0 Å². The minimum atomic E-state index is -0.297. The van der Waals surface area contributed by atoms with Crippen molar-refractivity contribution in [3.05, 3.63) is 47.5 Å². The highest BCUT2D eigenvalue weighted by Crippen LogP contribution is 2.40. The van der Waals surface area contributed by atoms with Crippen molar-refractivity contribution in [2.45, 2.75) is 19.4 Å². The number of methoxy groups -OCH3 is 4. The van der Waals surface area contributed by atoms with E-state index in [-0.39, 0.29) is 11.9 Å². The summed E-state index contributed by atoms with van der Waals surface area (Å²) in [7, 11) is 6.40. The molecular formula is C21H24N2O5. The Bertz CT molecular complexity index is 887. The molecule has 28 heavy (non-hydrogen) atoms. The maximum Gasteiger partial charge on any atom is 0.240 e. The van der Waals surface area contributed by atoms with Crippen molar-refractivity contribution in [1.82, 2.24) is 5.01 Å². The number of rotatable bonds is 6. The van der Waals surface area contributed by atoms with E-state index in [9.17, 15) is 4.79 Å². The van der Waals surface area contributed by atoms with Crippen molar-refractivity contribution >= 4 is 11.6 Å². The lowest BCUT2D eigenvalue weighted by atomic mass is 9.97. The van der Waals surface area contributed by atoms with Crippen LogP contribution in [0.2, 0.25) is 0 Å². The highest BCUT2D eigenvalue weighted by atomic mass is 16.5. The molecule has 1 aliphatic heterocycles. The molecule has 7 nitrogen and oxygen atoms in total. The first kappa shape index (κ1) is 19.5. The number of benzene rings is 2. The zero-order valence-corrected chi connectivity index (χ0v) is 16.7. The third kappa shape index (κ3) is 3.74. The van der Waals surface area contributed by atoms with E-state index in [2.05, 4.69) is 5.10 Å². The van der Waals surface area contributed by atoms with Crippen LogP contribution in [-0.4, -0.2) is 45.1 Å². The van der Waals surface area contributed by atoms with E-state index in [1.165, 1.54) is 11.9 Å². The number of hydrazone groups is 1. The van der Waals surface area contributed by atoms with Gasteiger partial charge in [0.05, 0.1) is 40.2 Å². The lowest BCUT2D eigenvalue weighted by Crippen LogP contribution is -2.24. The van der Waals surface area contributed by atoms with E-state index in [4.69, 9.17) is 18.9 Å². The van der Waals surface area contributed by atoms with Gasteiger partial charge in [0.15, 0.2) is 0 Å². The van der Waals surface area contributed by atoms with Gasteiger partial charge in [0.1, 0.15) is 23.0 Å². The molecule has 0 fully saturated rings. The smallest absolute Gasteiger partial charge is 0.240 e. The first-order valence-corrected chi connectivity index (χ1v) is 8.83. The lowest BCUT2D eigenvalue weighted by molar-refractivity contribution is -0.130. The molecule has 1 amide bonds. The van der Waals surface area contributed by atoms with Crippen LogP contribution in [0.1, 0.15) is 30.5 Å². The van der Waals surface area contributed by atoms with Crippen LogP contribution in [0.3, 0.4) is 0 Å². The molecule has 0 bridgehead atoms. The van der Waals surface area contributed by atoms with Crippen molar-refractivity contribution in [3.8, 4) is 23.0 Å². The lowest BCUT2D eigenvalue weighted by Gasteiger charge is -2.22. The van der Waals surface area contributed by atoms with Crippen LogP contribution in [0.4, 0.5) is 0 Å². The summed E-state index contributed by atoms with van der Waals surface area (Å²) in [6, 6.07) is 10.8. The van der Waals surface area contributed by atoms with E-state index in [1.807, 2.05) is 30.3 Å². The van der Waals surface area contributed by atoms with Crippen molar-refractivity contribution in [3.63, 3.8) is 0 Å². The summed E-state index contributed by atoms with van der Waals surface area (Å²) in [5.41, 5.74) is 2.44. The van der Waals surface area contributed by atoms with Crippen molar-refractivity contribution < 1.29 is 23.7 Å².